The molecule has 0 amide bonds. The van der Waals surface area contributed by atoms with Gasteiger partial charge in [-0.1, -0.05) is 29.8 Å². The van der Waals surface area contributed by atoms with E-state index in [0.717, 1.165) is 29.2 Å². The maximum atomic E-state index is 12.7. The highest BCUT2D eigenvalue weighted by Crippen LogP contribution is 2.31. The first-order valence-electron chi connectivity index (χ1n) is 8.63. The van der Waals surface area contributed by atoms with Crippen molar-refractivity contribution in [2.45, 2.75) is 19.7 Å². The molecule has 1 heterocycles. The number of hydrogen-bond donors (Lipinski definition) is 1. The Morgan fingerprint density at radius 3 is 2.41 bits per heavy atom. The molecule has 0 aliphatic heterocycles. The first-order chi connectivity index (χ1) is 13.8. The van der Waals surface area contributed by atoms with E-state index in [1.807, 2.05) is 49.4 Å². The number of rotatable bonds is 6. The fraction of sp³-hybridized carbons (Fsp3) is 0.143. The number of anilines is 1. The third kappa shape index (κ3) is 5.71. The summed E-state index contributed by atoms with van der Waals surface area (Å²) in [5.74, 6) is 0.537. The van der Waals surface area contributed by atoms with Crippen LogP contribution in [-0.4, -0.2) is 10.7 Å². The van der Waals surface area contributed by atoms with Gasteiger partial charge in [-0.25, -0.2) is 0 Å². The summed E-state index contributed by atoms with van der Waals surface area (Å²) in [5.41, 5.74) is 4.88. The molecule has 4 nitrogen and oxygen atoms in total. The molecule has 3 rings (SSSR count). The normalized spacial score (nSPS) is 12.0. The lowest BCUT2D eigenvalue weighted by Crippen LogP contribution is -2.08. The number of benzene rings is 2. The smallest absolute Gasteiger partial charge is 0.417 e. The van der Waals surface area contributed by atoms with Crippen LogP contribution in [0, 0.1) is 0 Å². The zero-order valence-electron chi connectivity index (χ0n) is 15.4. The summed E-state index contributed by atoms with van der Waals surface area (Å²) < 4.78 is 43.6. The van der Waals surface area contributed by atoms with Crippen molar-refractivity contribution < 1.29 is 17.9 Å². The van der Waals surface area contributed by atoms with E-state index in [-0.39, 0.29) is 17.3 Å². The highest BCUT2D eigenvalue weighted by Gasteiger charge is 2.31. The van der Waals surface area contributed by atoms with Crippen molar-refractivity contribution in [3.05, 3.63) is 88.7 Å². The standard InChI is InChI=1S/C21H17ClF3N3O/c1-14(27-28-17-5-3-2-4-6-17)15-7-9-18(10-8-15)29-13-20-19(22)11-16(12-26-20)21(23,24)25/h2-12,28H,13H2,1H3/b27-14-. The van der Waals surface area contributed by atoms with Crippen molar-refractivity contribution in [1.29, 1.82) is 0 Å². The molecule has 0 spiro atoms. The Hall–Kier alpha value is -3.06. The van der Waals surface area contributed by atoms with E-state index in [9.17, 15) is 13.2 Å². The lowest BCUT2D eigenvalue weighted by atomic mass is 10.1. The number of alkyl halides is 3. The molecule has 0 aliphatic carbocycles. The number of para-hydroxylation sites is 1. The monoisotopic (exact) mass is 419 g/mol. The molecule has 0 saturated heterocycles. The van der Waals surface area contributed by atoms with E-state index in [2.05, 4.69) is 15.5 Å². The van der Waals surface area contributed by atoms with Crippen LogP contribution >= 0.6 is 11.6 Å². The molecule has 0 fully saturated rings. The number of pyridine rings is 1. The van der Waals surface area contributed by atoms with Gasteiger partial charge in [-0.2, -0.15) is 18.3 Å². The summed E-state index contributed by atoms with van der Waals surface area (Å²) in [4.78, 5) is 3.75. The molecule has 3 aromatic rings. The number of aromatic nitrogens is 1. The van der Waals surface area contributed by atoms with Gasteiger partial charge < -0.3 is 4.74 Å². The van der Waals surface area contributed by atoms with Crippen LogP contribution in [0.3, 0.4) is 0 Å². The molecule has 0 atom stereocenters. The minimum Gasteiger partial charge on any atom is -0.487 e. The van der Waals surface area contributed by atoms with Gasteiger partial charge in [0, 0.05) is 6.20 Å². The third-order valence-corrected chi connectivity index (χ3v) is 4.35. The van der Waals surface area contributed by atoms with Crippen molar-refractivity contribution in [3.8, 4) is 5.75 Å². The van der Waals surface area contributed by atoms with Gasteiger partial charge in [-0.05, 0) is 55.0 Å². The number of nitrogens with one attached hydrogen (secondary N) is 1. The Balaban J connectivity index is 1.61. The van der Waals surface area contributed by atoms with Gasteiger partial charge >= 0.3 is 6.18 Å². The van der Waals surface area contributed by atoms with Crippen molar-refractivity contribution in [2.75, 3.05) is 5.43 Å². The van der Waals surface area contributed by atoms with Gasteiger partial charge in [0.15, 0.2) is 0 Å². The number of halogens is 4. The van der Waals surface area contributed by atoms with Crippen LogP contribution in [0.15, 0.2) is 72.0 Å². The molecule has 1 N–H and O–H groups in total. The van der Waals surface area contributed by atoms with Crippen LogP contribution in [0.25, 0.3) is 0 Å². The predicted octanol–water partition coefficient (Wildman–Crippen LogP) is 6.17. The van der Waals surface area contributed by atoms with Gasteiger partial charge in [0.05, 0.1) is 27.7 Å². The Bertz CT molecular complexity index is 990. The first kappa shape index (κ1) is 20.7. The van der Waals surface area contributed by atoms with Crippen molar-refractivity contribution in [1.82, 2.24) is 4.98 Å². The lowest BCUT2D eigenvalue weighted by molar-refractivity contribution is -0.137. The average Bonchev–Trinajstić information content (AvgIpc) is 2.71. The van der Waals surface area contributed by atoms with Crippen LogP contribution in [0.5, 0.6) is 5.75 Å². The summed E-state index contributed by atoms with van der Waals surface area (Å²) in [6.07, 6.45) is -3.74. The highest BCUT2D eigenvalue weighted by molar-refractivity contribution is 6.31. The molecule has 0 saturated carbocycles. The second-order valence-corrected chi connectivity index (χ2v) is 6.55. The molecule has 150 valence electrons. The largest absolute Gasteiger partial charge is 0.487 e. The van der Waals surface area contributed by atoms with Gasteiger partial charge in [0.2, 0.25) is 0 Å². The van der Waals surface area contributed by atoms with Crippen molar-refractivity contribution in [3.63, 3.8) is 0 Å². The Morgan fingerprint density at radius 2 is 1.79 bits per heavy atom. The summed E-state index contributed by atoms with van der Waals surface area (Å²) in [6, 6.07) is 17.6. The molecular weight excluding hydrogens is 403 g/mol. The molecule has 8 heteroatoms. The molecule has 1 aromatic heterocycles. The first-order valence-corrected chi connectivity index (χ1v) is 9.01. The van der Waals surface area contributed by atoms with E-state index in [1.54, 1.807) is 12.1 Å². The Labute approximate surface area is 171 Å². The second-order valence-electron chi connectivity index (χ2n) is 6.14. The van der Waals surface area contributed by atoms with Crippen molar-refractivity contribution in [2.24, 2.45) is 5.10 Å². The number of nitrogens with zero attached hydrogens (tertiary/aromatic N) is 2. The summed E-state index contributed by atoms with van der Waals surface area (Å²) in [7, 11) is 0. The van der Waals surface area contributed by atoms with Gasteiger partial charge in [0.1, 0.15) is 12.4 Å². The van der Waals surface area contributed by atoms with Crippen LogP contribution in [-0.2, 0) is 12.8 Å². The fourth-order valence-electron chi connectivity index (χ4n) is 2.40. The topological polar surface area (TPSA) is 46.5 Å². The predicted molar refractivity (Wildman–Crippen MR) is 107 cm³/mol. The molecule has 0 radical (unpaired) electrons. The minimum atomic E-state index is -4.49. The second kappa shape index (κ2) is 8.96. The van der Waals surface area contributed by atoms with Gasteiger partial charge in [-0.15, -0.1) is 0 Å². The maximum absolute atomic E-state index is 12.7. The number of hydrazone groups is 1. The van der Waals surface area contributed by atoms with Crippen LogP contribution < -0.4 is 10.2 Å². The van der Waals surface area contributed by atoms with E-state index in [1.165, 1.54) is 0 Å². The summed E-state index contributed by atoms with van der Waals surface area (Å²) in [5, 5.41) is 4.24. The maximum Gasteiger partial charge on any atom is 0.417 e. The molecule has 29 heavy (non-hydrogen) atoms. The molecule has 0 unspecified atom stereocenters. The van der Waals surface area contributed by atoms with Crippen molar-refractivity contribution >= 4 is 23.0 Å². The Morgan fingerprint density at radius 1 is 1.10 bits per heavy atom. The zero-order chi connectivity index (χ0) is 20.9. The van der Waals surface area contributed by atoms with Crippen LogP contribution in [0.4, 0.5) is 18.9 Å². The Kier molecular flexibility index (Phi) is 6.39. The average molecular weight is 420 g/mol. The fourth-order valence-corrected chi connectivity index (χ4v) is 2.62. The van der Waals surface area contributed by atoms with Gasteiger partial charge in [0.25, 0.3) is 0 Å². The minimum absolute atomic E-state index is 0.0427. The summed E-state index contributed by atoms with van der Waals surface area (Å²) >= 11 is 5.89. The number of ether oxygens (including phenoxy) is 1. The van der Waals surface area contributed by atoms with Crippen LogP contribution in [0.2, 0.25) is 5.02 Å². The molecule has 0 bridgehead atoms. The van der Waals surface area contributed by atoms with Crippen LogP contribution in [0.1, 0.15) is 23.7 Å². The third-order valence-electron chi connectivity index (χ3n) is 4.02. The molecular formula is C21H17ClF3N3O. The SMILES string of the molecule is C/C(=N/Nc1ccccc1)c1ccc(OCc2ncc(C(F)(F)F)cc2Cl)cc1. The molecule has 0 aliphatic rings. The van der Waals surface area contributed by atoms with Gasteiger partial charge in [-0.3, -0.25) is 10.4 Å². The van der Waals surface area contributed by atoms with E-state index >= 15 is 0 Å². The quantitative estimate of drug-likeness (QED) is 0.384. The zero-order valence-corrected chi connectivity index (χ0v) is 16.1. The highest BCUT2D eigenvalue weighted by atomic mass is 35.5. The van der Waals surface area contributed by atoms with E-state index < -0.39 is 11.7 Å². The lowest BCUT2D eigenvalue weighted by Gasteiger charge is -2.11. The summed E-state index contributed by atoms with van der Waals surface area (Å²) in [6.45, 7) is 1.83. The number of hydrogen-bond acceptors (Lipinski definition) is 4. The van der Waals surface area contributed by atoms with E-state index in [4.69, 9.17) is 16.3 Å². The van der Waals surface area contributed by atoms with E-state index in [0.29, 0.717) is 5.75 Å². The molecule has 2 aromatic carbocycles.